The van der Waals surface area contributed by atoms with E-state index < -0.39 is 0 Å². The number of benzene rings is 1. The Kier molecular flexibility index (Phi) is 8.93. The lowest BCUT2D eigenvalue weighted by Gasteiger charge is -2.36. The average Bonchev–Trinajstić information content (AvgIpc) is 3.19. The molecule has 2 aliphatic heterocycles. The molecule has 204 valence electrons. The van der Waals surface area contributed by atoms with Crippen molar-refractivity contribution in [2.24, 2.45) is 5.92 Å². The van der Waals surface area contributed by atoms with Gasteiger partial charge in [-0.3, -0.25) is 23.9 Å². The van der Waals surface area contributed by atoms with E-state index in [0.29, 0.717) is 65.4 Å². The first-order valence-electron chi connectivity index (χ1n) is 13.1. The zero-order valence-electron chi connectivity index (χ0n) is 22.7. The summed E-state index contributed by atoms with van der Waals surface area (Å²) in [7, 11) is 0. The largest absolute Gasteiger partial charge is 0.466 e. The molecule has 3 heterocycles. The summed E-state index contributed by atoms with van der Waals surface area (Å²) in [6, 6.07) is 10.0. The average molecular weight is 565 g/mol. The second-order valence-electron chi connectivity index (χ2n) is 9.69. The van der Waals surface area contributed by atoms with Gasteiger partial charge in [-0.1, -0.05) is 53.8 Å². The molecule has 1 atom stereocenters. The summed E-state index contributed by atoms with van der Waals surface area (Å²) in [5, 5.41) is 9.84. The molecule has 2 saturated heterocycles. The summed E-state index contributed by atoms with van der Waals surface area (Å²) in [6.07, 6.45) is 3.20. The smallest absolute Gasteiger partial charge is 0.310 e. The summed E-state index contributed by atoms with van der Waals surface area (Å²) in [5.41, 5.74) is 2.89. The molecule has 0 spiro atoms. The maximum Gasteiger partial charge on any atom is 0.310 e. The van der Waals surface area contributed by atoms with Gasteiger partial charge in [0.25, 0.3) is 11.5 Å². The van der Waals surface area contributed by atoms with E-state index in [4.69, 9.17) is 17.0 Å². The molecule has 1 aromatic carbocycles. The van der Waals surface area contributed by atoms with Crippen molar-refractivity contribution in [2.75, 3.05) is 24.6 Å². The molecule has 0 saturated carbocycles. The van der Waals surface area contributed by atoms with Crippen LogP contribution in [-0.4, -0.2) is 45.4 Å². The number of aromatic nitrogens is 1. The molecule has 4 rings (SSSR count). The topological polar surface area (TPSA) is 95.6 Å². The minimum absolute atomic E-state index is 0.0425. The number of carbonyl (C=O) groups excluding carboxylic acids is 2. The maximum absolute atomic E-state index is 13.5. The number of piperidine rings is 1. The Morgan fingerprint density at radius 3 is 2.59 bits per heavy atom. The van der Waals surface area contributed by atoms with Crippen molar-refractivity contribution in [3.05, 3.63) is 67.3 Å². The van der Waals surface area contributed by atoms with Crippen LogP contribution in [0.1, 0.15) is 54.5 Å². The number of hydrogen-bond donors (Lipinski definition) is 0. The number of nitriles is 1. The fraction of sp³-hybridized carbons (Fsp3) is 0.414. The minimum Gasteiger partial charge on any atom is -0.466 e. The molecule has 1 amide bonds. The normalized spacial score (nSPS) is 18.5. The number of carbonyl (C=O) groups is 2. The van der Waals surface area contributed by atoms with Gasteiger partial charge in [0.2, 0.25) is 0 Å². The number of anilines is 1. The van der Waals surface area contributed by atoms with E-state index in [9.17, 15) is 19.6 Å². The van der Waals surface area contributed by atoms with Gasteiger partial charge in [0.05, 0.1) is 24.0 Å². The third kappa shape index (κ3) is 5.80. The van der Waals surface area contributed by atoms with Gasteiger partial charge >= 0.3 is 5.97 Å². The maximum atomic E-state index is 13.5. The SMILES string of the molecule is CCOC(=O)C1CCCN(c2c(/C=C3/SC(=S)N(Cc4ccc(C)cc4)C3=O)c(C)c(C#N)c(=O)n2CC)C1. The summed E-state index contributed by atoms with van der Waals surface area (Å²) in [4.78, 5) is 43.4. The molecule has 39 heavy (non-hydrogen) atoms. The Hall–Kier alpha value is -3.42. The zero-order chi connectivity index (χ0) is 28.3. The number of thiocarbonyl (C=S) groups is 1. The predicted octanol–water partition coefficient (Wildman–Crippen LogP) is 4.54. The van der Waals surface area contributed by atoms with Gasteiger partial charge in [-0.25, -0.2) is 0 Å². The van der Waals surface area contributed by atoms with Crippen LogP contribution in [0.25, 0.3) is 6.08 Å². The zero-order valence-corrected chi connectivity index (χ0v) is 24.3. The van der Waals surface area contributed by atoms with Crippen LogP contribution >= 0.6 is 24.0 Å². The number of hydrogen-bond acceptors (Lipinski definition) is 8. The summed E-state index contributed by atoms with van der Waals surface area (Å²) in [6.45, 7) is 9.39. The number of esters is 1. The Bertz CT molecular complexity index is 1440. The van der Waals surface area contributed by atoms with E-state index >= 15 is 0 Å². The summed E-state index contributed by atoms with van der Waals surface area (Å²) < 4.78 is 7.30. The predicted molar refractivity (Wildman–Crippen MR) is 157 cm³/mol. The molecule has 0 aliphatic carbocycles. The number of nitrogens with zero attached hydrogens (tertiary/aromatic N) is 4. The van der Waals surface area contributed by atoms with E-state index in [1.54, 1.807) is 29.4 Å². The van der Waals surface area contributed by atoms with Crippen LogP contribution in [0.2, 0.25) is 0 Å². The van der Waals surface area contributed by atoms with Gasteiger partial charge in [-0.05, 0) is 57.7 Å². The lowest BCUT2D eigenvalue weighted by Crippen LogP contribution is -2.43. The van der Waals surface area contributed by atoms with Gasteiger partial charge in [0.1, 0.15) is 21.8 Å². The standard InChI is InChI=1S/C29H32N4O4S2/c1-5-32-25(31-13-7-8-21(17-31)28(36)37-6-2)22(19(4)23(15-30)26(32)34)14-24-27(35)33(29(38)39-24)16-20-11-9-18(3)10-12-20/h9-12,14,21H,5-8,13,16-17H2,1-4H3/b24-14+. The van der Waals surface area contributed by atoms with Crippen LogP contribution in [0.4, 0.5) is 5.82 Å². The molecule has 2 aromatic rings. The number of ether oxygens (including phenoxy) is 1. The molecular weight excluding hydrogens is 532 g/mol. The number of amides is 1. The lowest BCUT2D eigenvalue weighted by molar-refractivity contribution is -0.148. The third-order valence-electron chi connectivity index (χ3n) is 7.11. The molecule has 1 aromatic heterocycles. The number of aryl methyl sites for hydroxylation is 1. The van der Waals surface area contributed by atoms with Crippen LogP contribution in [-0.2, 0) is 27.4 Å². The third-order valence-corrected chi connectivity index (χ3v) is 8.49. The van der Waals surface area contributed by atoms with Crippen molar-refractivity contribution in [1.29, 1.82) is 5.26 Å². The van der Waals surface area contributed by atoms with Gasteiger partial charge in [-0.2, -0.15) is 5.26 Å². The highest BCUT2D eigenvalue weighted by atomic mass is 32.2. The second-order valence-corrected chi connectivity index (χ2v) is 11.4. The first-order chi connectivity index (χ1) is 18.7. The van der Waals surface area contributed by atoms with Gasteiger partial charge < -0.3 is 9.64 Å². The van der Waals surface area contributed by atoms with E-state index in [1.165, 1.54) is 11.8 Å². The fourth-order valence-electron chi connectivity index (χ4n) is 5.04. The summed E-state index contributed by atoms with van der Waals surface area (Å²) in [5.74, 6) is -0.185. The molecule has 0 N–H and O–H groups in total. The molecule has 2 fully saturated rings. The van der Waals surface area contributed by atoms with E-state index in [-0.39, 0.29) is 28.9 Å². The number of pyridine rings is 1. The quantitative estimate of drug-likeness (QED) is 0.275. The highest BCUT2D eigenvalue weighted by Gasteiger charge is 2.34. The van der Waals surface area contributed by atoms with E-state index in [2.05, 4.69) is 6.07 Å². The molecule has 0 radical (unpaired) electrons. The molecule has 10 heteroatoms. The van der Waals surface area contributed by atoms with Crippen LogP contribution < -0.4 is 10.5 Å². The molecule has 8 nitrogen and oxygen atoms in total. The first-order valence-corrected chi connectivity index (χ1v) is 14.3. The highest BCUT2D eigenvalue weighted by molar-refractivity contribution is 8.26. The summed E-state index contributed by atoms with van der Waals surface area (Å²) >= 11 is 6.78. The Morgan fingerprint density at radius 2 is 1.95 bits per heavy atom. The van der Waals surface area contributed by atoms with Crippen LogP contribution in [0.15, 0.2) is 34.0 Å². The fourth-order valence-corrected chi connectivity index (χ4v) is 6.28. The van der Waals surface area contributed by atoms with Crippen molar-refractivity contribution in [1.82, 2.24) is 9.47 Å². The van der Waals surface area contributed by atoms with Gasteiger partial charge in [0.15, 0.2) is 0 Å². The van der Waals surface area contributed by atoms with Crippen molar-refractivity contribution >= 4 is 52.1 Å². The van der Waals surface area contributed by atoms with Gasteiger partial charge in [-0.15, -0.1) is 0 Å². The Morgan fingerprint density at radius 1 is 1.23 bits per heavy atom. The second kappa shape index (κ2) is 12.2. The van der Waals surface area contributed by atoms with E-state index in [0.717, 1.165) is 17.5 Å². The monoisotopic (exact) mass is 564 g/mol. The van der Waals surface area contributed by atoms with Crippen molar-refractivity contribution < 1.29 is 14.3 Å². The molecular formula is C29H32N4O4S2. The lowest BCUT2D eigenvalue weighted by atomic mass is 9.96. The van der Waals surface area contributed by atoms with Crippen molar-refractivity contribution in [2.45, 2.75) is 53.6 Å². The highest BCUT2D eigenvalue weighted by Crippen LogP contribution is 2.37. The minimum atomic E-state index is -0.380. The molecule has 2 aliphatic rings. The van der Waals surface area contributed by atoms with Gasteiger partial charge in [0, 0.05) is 25.2 Å². The van der Waals surface area contributed by atoms with Crippen molar-refractivity contribution in [3.63, 3.8) is 0 Å². The Balaban J connectivity index is 1.78. The first kappa shape index (κ1) is 28.6. The molecule has 0 bridgehead atoms. The van der Waals surface area contributed by atoms with Crippen LogP contribution in [0.3, 0.4) is 0 Å². The van der Waals surface area contributed by atoms with Crippen LogP contribution in [0, 0.1) is 31.1 Å². The molecule has 1 unspecified atom stereocenters. The Labute approximate surface area is 238 Å². The number of rotatable bonds is 7. The van der Waals surface area contributed by atoms with Crippen LogP contribution in [0.5, 0.6) is 0 Å². The van der Waals surface area contributed by atoms with E-state index in [1.807, 2.05) is 43.0 Å². The van der Waals surface area contributed by atoms with Crippen molar-refractivity contribution in [3.8, 4) is 6.07 Å². The number of thioether (sulfide) groups is 1.